The van der Waals surface area contributed by atoms with E-state index in [2.05, 4.69) is 4.74 Å². The van der Waals surface area contributed by atoms with Crippen molar-refractivity contribution >= 4 is 5.97 Å². The number of halogens is 2. The molecule has 0 saturated carbocycles. The first-order valence-electron chi connectivity index (χ1n) is 7.98. The Balaban J connectivity index is 2.89. The molecular weight excluding hydrogens is 312 g/mol. The molecule has 0 aliphatic heterocycles. The van der Waals surface area contributed by atoms with Crippen LogP contribution in [-0.2, 0) is 16.1 Å². The number of alkyl halides is 2. The topological polar surface area (TPSA) is 29.5 Å². The first-order valence-corrected chi connectivity index (χ1v) is 7.98. The van der Waals surface area contributed by atoms with Gasteiger partial charge < -0.3 is 4.74 Å². The normalized spacial score (nSPS) is 12.8. The smallest absolute Gasteiger partial charge is 0.378 e. The van der Waals surface area contributed by atoms with Crippen LogP contribution in [0.5, 0.6) is 0 Å². The fraction of sp³-hybridized carbons (Fsp3) is 0.421. The van der Waals surface area contributed by atoms with Gasteiger partial charge in [0.25, 0.3) is 0 Å². The molecule has 24 heavy (non-hydrogen) atoms. The molecule has 0 amide bonds. The second-order valence-corrected chi connectivity index (χ2v) is 5.59. The summed E-state index contributed by atoms with van der Waals surface area (Å²) in [6, 6.07) is 9.35. The molecule has 0 atom stereocenters. The molecule has 0 heterocycles. The molecule has 3 nitrogen and oxygen atoms in total. The number of carbonyl (C=O) groups is 1. The summed E-state index contributed by atoms with van der Waals surface area (Å²) in [5.41, 5.74) is 1.85. The first-order chi connectivity index (χ1) is 11.4. The molecule has 0 spiro atoms. The van der Waals surface area contributed by atoms with E-state index < -0.39 is 18.4 Å². The minimum absolute atomic E-state index is 0.0622. The van der Waals surface area contributed by atoms with Gasteiger partial charge in [-0.2, -0.15) is 8.78 Å². The number of ether oxygens (including phenoxy) is 1. The molecule has 5 heteroatoms. The van der Waals surface area contributed by atoms with E-state index in [9.17, 15) is 13.6 Å². The third-order valence-electron chi connectivity index (χ3n) is 3.29. The van der Waals surface area contributed by atoms with Gasteiger partial charge in [-0.25, -0.2) is 4.79 Å². The zero-order valence-electron chi connectivity index (χ0n) is 14.5. The highest BCUT2D eigenvalue weighted by Crippen LogP contribution is 2.20. The van der Waals surface area contributed by atoms with Gasteiger partial charge in [-0.3, -0.25) is 4.90 Å². The Labute approximate surface area is 142 Å². The highest BCUT2D eigenvalue weighted by Gasteiger charge is 2.42. The summed E-state index contributed by atoms with van der Waals surface area (Å²) in [6.07, 6.45) is 5.61. The fourth-order valence-corrected chi connectivity index (χ4v) is 2.26. The molecule has 132 valence electrons. The summed E-state index contributed by atoms with van der Waals surface area (Å²) in [5, 5.41) is 0. The van der Waals surface area contributed by atoms with Crippen LogP contribution in [0.3, 0.4) is 0 Å². The van der Waals surface area contributed by atoms with Gasteiger partial charge in [-0.05, 0) is 26.3 Å². The van der Waals surface area contributed by atoms with Crippen molar-refractivity contribution in [2.24, 2.45) is 0 Å². The van der Waals surface area contributed by atoms with Gasteiger partial charge in [0, 0.05) is 13.1 Å². The van der Waals surface area contributed by atoms with E-state index in [0.717, 1.165) is 11.1 Å². The number of hydrogen-bond donors (Lipinski definition) is 0. The summed E-state index contributed by atoms with van der Waals surface area (Å²) < 4.78 is 32.7. The summed E-state index contributed by atoms with van der Waals surface area (Å²) in [7, 11) is 0. The second kappa shape index (κ2) is 9.98. The van der Waals surface area contributed by atoms with Gasteiger partial charge in [0.1, 0.15) is 0 Å². The number of benzene rings is 1. The lowest BCUT2D eigenvalue weighted by atomic mass is 10.1. The summed E-state index contributed by atoms with van der Waals surface area (Å²) in [5.74, 6) is -5.01. The van der Waals surface area contributed by atoms with Crippen molar-refractivity contribution in [2.75, 3.05) is 19.7 Å². The van der Waals surface area contributed by atoms with E-state index in [1.165, 1.54) is 6.92 Å². The third kappa shape index (κ3) is 7.04. The highest BCUT2D eigenvalue weighted by molar-refractivity contribution is 5.77. The van der Waals surface area contributed by atoms with Crippen molar-refractivity contribution in [1.82, 2.24) is 4.90 Å². The van der Waals surface area contributed by atoms with Gasteiger partial charge in [-0.15, -0.1) is 0 Å². The van der Waals surface area contributed by atoms with Gasteiger partial charge in [0.05, 0.1) is 13.2 Å². The van der Waals surface area contributed by atoms with Crippen molar-refractivity contribution in [3.8, 4) is 0 Å². The Kier molecular flexibility index (Phi) is 8.33. The lowest BCUT2D eigenvalue weighted by molar-refractivity contribution is -0.174. The molecule has 0 fully saturated rings. The van der Waals surface area contributed by atoms with E-state index in [4.69, 9.17) is 0 Å². The van der Waals surface area contributed by atoms with E-state index in [0.29, 0.717) is 13.1 Å². The molecule has 0 aliphatic rings. The Morgan fingerprint density at radius 2 is 1.96 bits per heavy atom. The molecule has 0 unspecified atom stereocenters. The van der Waals surface area contributed by atoms with E-state index >= 15 is 0 Å². The molecule has 0 aromatic heterocycles. The van der Waals surface area contributed by atoms with Gasteiger partial charge in [0.2, 0.25) is 0 Å². The zero-order chi connectivity index (χ0) is 18.0. The average molecular weight is 337 g/mol. The maximum Gasteiger partial charge on any atom is 0.378 e. The van der Waals surface area contributed by atoms with Crippen LogP contribution in [0.15, 0.2) is 54.1 Å². The Hall–Kier alpha value is -2.01. The Bertz CT molecular complexity index is 568. The first kappa shape index (κ1) is 20.0. The fourth-order valence-electron chi connectivity index (χ4n) is 2.26. The number of rotatable bonds is 9. The van der Waals surface area contributed by atoms with E-state index in [1.807, 2.05) is 62.4 Å². The van der Waals surface area contributed by atoms with Gasteiger partial charge in [-0.1, -0.05) is 54.1 Å². The summed E-state index contributed by atoms with van der Waals surface area (Å²) >= 11 is 0. The summed E-state index contributed by atoms with van der Waals surface area (Å²) in [4.78, 5) is 13.0. The third-order valence-corrected chi connectivity index (χ3v) is 3.29. The van der Waals surface area contributed by atoms with E-state index in [1.54, 1.807) is 4.90 Å². The molecule has 0 N–H and O–H groups in total. The summed E-state index contributed by atoms with van der Waals surface area (Å²) in [6.45, 7) is 5.21. The zero-order valence-corrected chi connectivity index (χ0v) is 14.5. The molecule has 1 aromatic rings. The highest BCUT2D eigenvalue weighted by atomic mass is 19.3. The Morgan fingerprint density at radius 1 is 1.29 bits per heavy atom. The van der Waals surface area contributed by atoms with Crippen LogP contribution in [0.25, 0.3) is 0 Å². The SMILES string of the molecule is C/C=C\C=C(/C)CN(Cc1ccccc1)CC(F)(F)C(=O)OCC. The van der Waals surface area contributed by atoms with Crippen LogP contribution in [0.1, 0.15) is 26.3 Å². The van der Waals surface area contributed by atoms with Crippen molar-refractivity contribution in [2.45, 2.75) is 33.2 Å². The predicted molar refractivity (Wildman–Crippen MR) is 91.9 cm³/mol. The largest absolute Gasteiger partial charge is 0.462 e. The van der Waals surface area contributed by atoms with Crippen molar-refractivity contribution in [1.29, 1.82) is 0 Å². The maximum absolute atomic E-state index is 14.1. The monoisotopic (exact) mass is 337 g/mol. The van der Waals surface area contributed by atoms with Crippen molar-refractivity contribution < 1.29 is 18.3 Å². The minimum Gasteiger partial charge on any atom is -0.462 e. The molecule has 0 saturated heterocycles. The van der Waals surface area contributed by atoms with Crippen LogP contribution < -0.4 is 0 Å². The van der Waals surface area contributed by atoms with E-state index in [-0.39, 0.29) is 6.61 Å². The van der Waals surface area contributed by atoms with Crippen LogP contribution in [0, 0.1) is 0 Å². The quantitative estimate of drug-likeness (QED) is 0.499. The second-order valence-electron chi connectivity index (χ2n) is 5.59. The molecule has 0 bridgehead atoms. The van der Waals surface area contributed by atoms with Crippen LogP contribution >= 0.6 is 0 Å². The van der Waals surface area contributed by atoms with Gasteiger partial charge >= 0.3 is 11.9 Å². The maximum atomic E-state index is 14.1. The number of carbonyl (C=O) groups excluding carboxylic acids is 1. The van der Waals surface area contributed by atoms with Crippen LogP contribution in [0.4, 0.5) is 8.78 Å². The number of hydrogen-bond acceptors (Lipinski definition) is 3. The number of esters is 1. The lowest BCUT2D eigenvalue weighted by Gasteiger charge is -2.26. The van der Waals surface area contributed by atoms with Crippen LogP contribution in [-0.4, -0.2) is 36.5 Å². The van der Waals surface area contributed by atoms with Crippen molar-refractivity contribution in [3.63, 3.8) is 0 Å². The molecular formula is C19H25F2NO2. The minimum atomic E-state index is -3.54. The number of allylic oxidation sites excluding steroid dienone is 3. The molecule has 0 aliphatic carbocycles. The standard InChI is InChI=1S/C19H25F2NO2/c1-4-6-10-16(3)13-22(14-17-11-8-7-9-12-17)15-19(20,21)18(23)24-5-2/h4,6-12H,5,13-15H2,1-3H3/b6-4-,16-10+. The lowest BCUT2D eigenvalue weighted by Crippen LogP contribution is -2.43. The predicted octanol–water partition coefficient (Wildman–Crippen LogP) is 4.21. The molecule has 0 radical (unpaired) electrons. The number of nitrogens with zero attached hydrogens (tertiary/aromatic N) is 1. The van der Waals surface area contributed by atoms with Gasteiger partial charge in [0.15, 0.2) is 0 Å². The molecule has 1 aromatic carbocycles. The van der Waals surface area contributed by atoms with Crippen molar-refractivity contribution in [3.05, 3.63) is 59.7 Å². The molecule has 1 rings (SSSR count). The Morgan fingerprint density at radius 3 is 2.54 bits per heavy atom. The average Bonchev–Trinajstić information content (AvgIpc) is 2.53. The van der Waals surface area contributed by atoms with Crippen LogP contribution in [0.2, 0.25) is 0 Å².